The van der Waals surface area contributed by atoms with Crippen molar-refractivity contribution in [3.05, 3.63) is 64.1 Å². The van der Waals surface area contributed by atoms with Crippen LogP contribution in [-0.2, 0) is 11.3 Å². The van der Waals surface area contributed by atoms with Crippen LogP contribution in [0.2, 0.25) is 0 Å². The van der Waals surface area contributed by atoms with E-state index in [9.17, 15) is 4.79 Å². The third-order valence-electron chi connectivity index (χ3n) is 4.48. The summed E-state index contributed by atoms with van der Waals surface area (Å²) >= 11 is 3.41. The maximum atomic E-state index is 12.6. The van der Waals surface area contributed by atoms with Crippen molar-refractivity contribution in [1.29, 1.82) is 0 Å². The molecule has 1 saturated heterocycles. The van der Waals surface area contributed by atoms with Crippen LogP contribution in [0.4, 0.5) is 5.69 Å². The van der Waals surface area contributed by atoms with Crippen LogP contribution in [0, 0.1) is 12.8 Å². The Hall–Kier alpha value is -1.65. The first-order valence-corrected chi connectivity index (χ1v) is 9.24. The predicted octanol–water partition coefficient (Wildman–Crippen LogP) is 4.61. The minimum Gasteiger partial charge on any atom is -0.326 e. The molecule has 0 bridgehead atoms. The van der Waals surface area contributed by atoms with Crippen LogP contribution in [0.5, 0.6) is 0 Å². The Bertz CT molecular complexity index is 699. The number of nitrogens with one attached hydrogen (secondary N) is 1. The van der Waals surface area contributed by atoms with E-state index < -0.39 is 0 Å². The van der Waals surface area contributed by atoms with E-state index in [4.69, 9.17) is 0 Å². The van der Waals surface area contributed by atoms with Gasteiger partial charge in [-0.25, -0.2) is 0 Å². The van der Waals surface area contributed by atoms with E-state index in [0.29, 0.717) is 0 Å². The predicted molar refractivity (Wildman–Crippen MR) is 102 cm³/mol. The zero-order valence-corrected chi connectivity index (χ0v) is 15.6. The summed E-state index contributed by atoms with van der Waals surface area (Å²) in [6.45, 7) is 4.93. The molecule has 1 N–H and O–H groups in total. The number of hydrogen-bond donors (Lipinski definition) is 1. The Labute approximate surface area is 152 Å². The van der Waals surface area contributed by atoms with Gasteiger partial charge in [-0.1, -0.05) is 45.8 Å². The molecule has 1 atom stereocenters. The summed E-state index contributed by atoms with van der Waals surface area (Å²) in [5, 5.41) is 3.05. The van der Waals surface area contributed by atoms with Crippen LogP contribution < -0.4 is 5.32 Å². The lowest BCUT2D eigenvalue weighted by molar-refractivity contribution is -0.121. The Morgan fingerprint density at radius 3 is 2.79 bits per heavy atom. The molecule has 3 nitrogen and oxygen atoms in total. The standard InChI is InChI=1S/C20H23BrN2O/c1-15-4-2-5-16(12-15)13-23-11-3-6-17(14-23)20(24)22-19-9-7-18(21)8-10-19/h2,4-5,7-10,12,17H,3,6,11,13-14H2,1H3,(H,22,24). The van der Waals surface area contributed by atoms with E-state index >= 15 is 0 Å². The summed E-state index contributed by atoms with van der Waals surface area (Å²) in [7, 11) is 0. The number of carbonyl (C=O) groups excluding carboxylic acids is 1. The zero-order valence-electron chi connectivity index (χ0n) is 14.0. The average molecular weight is 387 g/mol. The first-order valence-electron chi connectivity index (χ1n) is 8.44. The summed E-state index contributed by atoms with van der Waals surface area (Å²) < 4.78 is 1.02. The van der Waals surface area contributed by atoms with E-state index in [-0.39, 0.29) is 11.8 Å². The van der Waals surface area contributed by atoms with Crippen molar-refractivity contribution in [1.82, 2.24) is 4.90 Å². The van der Waals surface area contributed by atoms with Gasteiger partial charge in [0.1, 0.15) is 0 Å². The second-order valence-corrected chi connectivity index (χ2v) is 7.48. The number of piperidine rings is 1. The van der Waals surface area contributed by atoms with Crippen molar-refractivity contribution >= 4 is 27.5 Å². The van der Waals surface area contributed by atoms with Gasteiger partial charge in [-0.3, -0.25) is 9.69 Å². The molecule has 24 heavy (non-hydrogen) atoms. The van der Waals surface area contributed by atoms with Crippen molar-refractivity contribution in [2.24, 2.45) is 5.92 Å². The Kier molecular flexibility index (Phi) is 5.69. The Morgan fingerprint density at radius 1 is 1.25 bits per heavy atom. The van der Waals surface area contributed by atoms with Crippen LogP contribution >= 0.6 is 15.9 Å². The lowest BCUT2D eigenvalue weighted by atomic mass is 9.96. The molecule has 0 saturated carbocycles. The number of amides is 1. The minimum absolute atomic E-state index is 0.0622. The SMILES string of the molecule is Cc1cccc(CN2CCCC(C(=O)Nc3ccc(Br)cc3)C2)c1. The fourth-order valence-corrected chi connectivity index (χ4v) is 3.52. The monoisotopic (exact) mass is 386 g/mol. The normalized spacial score (nSPS) is 18.3. The molecule has 4 heteroatoms. The van der Waals surface area contributed by atoms with Crippen LogP contribution in [0.3, 0.4) is 0 Å². The molecule has 1 unspecified atom stereocenters. The Balaban J connectivity index is 1.58. The van der Waals surface area contributed by atoms with E-state index in [0.717, 1.165) is 42.6 Å². The molecule has 1 fully saturated rings. The van der Waals surface area contributed by atoms with Gasteiger partial charge in [0, 0.05) is 23.2 Å². The highest BCUT2D eigenvalue weighted by atomic mass is 79.9. The topological polar surface area (TPSA) is 32.3 Å². The van der Waals surface area contributed by atoms with Crippen molar-refractivity contribution in [3.8, 4) is 0 Å². The minimum atomic E-state index is 0.0622. The van der Waals surface area contributed by atoms with Crippen molar-refractivity contribution in [2.45, 2.75) is 26.3 Å². The van der Waals surface area contributed by atoms with E-state index in [1.807, 2.05) is 24.3 Å². The number of carbonyl (C=O) groups is 1. The molecule has 1 aliphatic rings. The molecule has 0 radical (unpaired) electrons. The van der Waals surface area contributed by atoms with Gasteiger partial charge >= 0.3 is 0 Å². The molecular weight excluding hydrogens is 364 g/mol. The number of anilines is 1. The zero-order chi connectivity index (χ0) is 16.9. The number of halogens is 1. The van der Waals surface area contributed by atoms with Gasteiger partial charge in [0.2, 0.25) is 5.91 Å². The molecule has 0 aliphatic carbocycles. The third kappa shape index (κ3) is 4.68. The fraction of sp³-hybridized carbons (Fsp3) is 0.350. The van der Waals surface area contributed by atoms with Crippen LogP contribution in [0.25, 0.3) is 0 Å². The molecule has 0 spiro atoms. The summed E-state index contributed by atoms with van der Waals surface area (Å²) in [4.78, 5) is 14.9. The first-order chi connectivity index (χ1) is 11.6. The summed E-state index contributed by atoms with van der Waals surface area (Å²) in [5.74, 6) is 0.193. The average Bonchev–Trinajstić information content (AvgIpc) is 2.57. The van der Waals surface area contributed by atoms with Gasteiger partial charge < -0.3 is 5.32 Å². The Morgan fingerprint density at radius 2 is 2.04 bits per heavy atom. The number of rotatable bonds is 4. The number of likely N-dealkylation sites (tertiary alicyclic amines) is 1. The maximum absolute atomic E-state index is 12.6. The van der Waals surface area contributed by atoms with Crippen molar-refractivity contribution < 1.29 is 4.79 Å². The highest BCUT2D eigenvalue weighted by molar-refractivity contribution is 9.10. The van der Waals surface area contributed by atoms with Gasteiger partial charge in [0.15, 0.2) is 0 Å². The largest absolute Gasteiger partial charge is 0.326 e. The van der Waals surface area contributed by atoms with Crippen LogP contribution in [0.1, 0.15) is 24.0 Å². The maximum Gasteiger partial charge on any atom is 0.228 e. The number of nitrogens with zero attached hydrogens (tertiary/aromatic N) is 1. The van der Waals surface area contributed by atoms with Gasteiger partial charge in [-0.2, -0.15) is 0 Å². The molecule has 126 valence electrons. The smallest absolute Gasteiger partial charge is 0.228 e. The summed E-state index contributed by atoms with van der Waals surface area (Å²) in [6.07, 6.45) is 2.04. The molecule has 1 heterocycles. The van der Waals surface area contributed by atoms with E-state index in [1.54, 1.807) is 0 Å². The van der Waals surface area contributed by atoms with Gasteiger partial charge in [-0.05, 0) is 56.1 Å². The first kappa shape index (κ1) is 17.2. The highest BCUT2D eigenvalue weighted by Gasteiger charge is 2.25. The highest BCUT2D eigenvalue weighted by Crippen LogP contribution is 2.21. The van der Waals surface area contributed by atoms with Gasteiger partial charge in [0.05, 0.1) is 5.92 Å². The quantitative estimate of drug-likeness (QED) is 0.831. The van der Waals surface area contributed by atoms with Crippen molar-refractivity contribution in [2.75, 3.05) is 18.4 Å². The van der Waals surface area contributed by atoms with E-state index in [2.05, 4.69) is 57.3 Å². The molecule has 2 aromatic carbocycles. The summed E-state index contributed by atoms with van der Waals surface area (Å²) in [5.41, 5.74) is 3.47. The molecule has 0 aromatic heterocycles. The second-order valence-electron chi connectivity index (χ2n) is 6.56. The number of aryl methyl sites for hydroxylation is 1. The van der Waals surface area contributed by atoms with Crippen molar-refractivity contribution in [3.63, 3.8) is 0 Å². The van der Waals surface area contributed by atoms with Gasteiger partial charge in [0.25, 0.3) is 0 Å². The molecule has 1 aliphatic heterocycles. The lowest BCUT2D eigenvalue weighted by Gasteiger charge is -2.32. The van der Waals surface area contributed by atoms with Crippen LogP contribution in [0.15, 0.2) is 53.0 Å². The second kappa shape index (κ2) is 7.95. The van der Waals surface area contributed by atoms with E-state index in [1.165, 1.54) is 11.1 Å². The van der Waals surface area contributed by atoms with Crippen LogP contribution in [-0.4, -0.2) is 23.9 Å². The number of benzene rings is 2. The lowest BCUT2D eigenvalue weighted by Crippen LogP contribution is -2.40. The fourth-order valence-electron chi connectivity index (χ4n) is 3.26. The number of hydrogen-bond acceptors (Lipinski definition) is 2. The molecular formula is C20H23BrN2O. The molecule has 2 aromatic rings. The third-order valence-corrected chi connectivity index (χ3v) is 5.01. The summed E-state index contributed by atoms with van der Waals surface area (Å²) in [6, 6.07) is 16.4. The molecule has 1 amide bonds. The van der Waals surface area contributed by atoms with Gasteiger partial charge in [-0.15, -0.1) is 0 Å². The molecule has 3 rings (SSSR count).